The Morgan fingerprint density at radius 3 is 2.52 bits per heavy atom. The van der Waals surface area contributed by atoms with Gasteiger partial charge in [-0.25, -0.2) is 18.1 Å². The average molecular weight is 423 g/mol. The maximum atomic E-state index is 11.4. The lowest BCUT2D eigenvalue weighted by Gasteiger charge is -2.12. The normalized spacial score (nSPS) is 18.5. The van der Waals surface area contributed by atoms with E-state index in [-0.39, 0.29) is 16.8 Å². The van der Waals surface area contributed by atoms with Gasteiger partial charge in [-0.15, -0.1) is 0 Å². The highest BCUT2D eigenvalue weighted by Gasteiger charge is 2.35. The molecule has 9 nitrogen and oxygen atoms in total. The number of aromatic nitrogens is 2. The summed E-state index contributed by atoms with van der Waals surface area (Å²) in [5.41, 5.74) is 7.02. The van der Waals surface area contributed by atoms with Gasteiger partial charge in [0, 0.05) is 37.5 Å². The smallest absolute Gasteiger partial charge is 0.309 e. The van der Waals surface area contributed by atoms with Gasteiger partial charge < -0.3 is 15.0 Å². The van der Waals surface area contributed by atoms with Crippen molar-refractivity contribution in [2.45, 2.75) is 31.6 Å². The van der Waals surface area contributed by atoms with Crippen LogP contribution in [0.15, 0.2) is 41.7 Å². The van der Waals surface area contributed by atoms with E-state index in [2.05, 4.69) is 4.98 Å². The van der Waals surface area contributed by atoms with Crippen molar-refractivity contribution in [3.63, 3.8) is 0 Å². The fourth-order valence-corrected chi connectivity index (χ4v) is 4.04. The molecule has 0 aliphatic carbocycles. The summed E-state index contributed by atoms with van der Waals surface area (Å²) in [5.74, 6) is -0.274. The van der Waals surface area contributed by atoms with Gasteiger partial charge in [-0.2, -0.15) is 0 Å². The number of carbonyl (C=O) groups excluding carboxylic acids is 2. The molecule has 1 fully saturated rings. The summed E-state index contributed by atoms with van der Waals surface area (Å²) >= 11 is 0. The number of hydrogen-bond acceptors (Lipinski definition) is 7. The van der Waals surface area contributed by atoms with Crippen LogP contribution in [0.25, 0.3) is 0 Å². The molecule has 2 aromatic rings. The third kappa shape index (κ3) is 6.05. The van der Waals surface area contributed by atoms with Crippen LogP contribution in [0.1, 0.15) is 26.0 Å². The van der Waals surface area contributed by atoms with Crippen molar-refractivity contribution in [2.75, 3.05) is 12.3 Å². The second-order valence-electron chi connectivity index (χ2n) is 6.84. The number of nitrogens with two attached hydrogens (primary N) is 1. The average Bonchev–Trinajstić information content (AvgIpc) is 3.20. The maximum Gasteiger partial charge on any atom is 0.309 e. The van der Waals surface area contributed by atoms with Crippen LogP contribution in [-0.4, -0.2) is 36.5 Å². The molecule has 1 amide bonds. The van der Waals surface area contributed by atoms with E-state index in [1.54, 1.807) is 6.33 Å². The minimum atomic E-state index is -3.73. The van der Waals surface area contributed by atoms with E-state index in [9.17, 15) is 18.0 Å². The number of nitrogen functional groups attached to an aromatic ring is 1. The van der Waals surface area contributed by atoms with E-state index in [0.29, 0.717) is 18.2 Å². The number of anilines is 1. The fraction of sp³-hybridized carbons (Fsp3) is 0.421. The zero-order chi connectivity index (χ0) is 21.6. The number of aryl methyl sites for hydroxylation is 1. The van der Waals surface area contributed by atoms with Crippen molar-refractivity contribution < 1.29 is 22.7 Å². The van der Waals surface area contributed by atoms with Crippen molar-refractivity contribution in [1.82, 2.24) is 14.3 Å². The molecular weight excluding hydrogens is 396 g/mol. The zero-order valence-electron chi connectivity index (χ0n) is 16.7. The van der Waals surface area contributed by atoms with Crippen molar-refractivity contribution in [3.8, 4) is 0 Å². The number of amides is 1. The molecule has 0 spiro atoms. The van der Waals surface area contributed by atoms with E-state index >= 15 is 0 Å². The van der Waals surface area contributed by atoms with Crippen molar-refractivity contribution in [2.24, 2.45) is 18.9 Å². The minimum absolute atomic E-state index is 0.0156. The predicted molar refractivity (Wildman–Crippen MR) is 107 cm³/mol. The van der Waals surface area contributed by atoms with Crippen LogP contribution in [0.2, 0.25) is 0 Å². The quantitative estimate of drug-likeness (QED) is 0.547. The molecule has 1 aromatic carbocycles. The Balaban J connectivity index is 0.000000208. The molecule has 1 aliphatic heterocycles. The Kier molecular flexibility index (Phi) is 7.38. The summed E-state index contributed by atoms with van der Waals surface area (Å²) in [7, 11) is -1.76. The standard InChI is InChI=1S/C11H16N2O2.C8H10N2O3S/c1-3-10-8(6-15-11(10)14)4-9-5-12-7-13(9)2;1-6(11)10-14(12,13)8-4-2-7(9)3-5-8/h5,7-8,10H,3-4,6H2,1-2H3;2-5H,9H2,1H3,(H,10,11)/t8-,10-;/m0./s1. The van der Waals surface area contributed by atoms with Crippen LogP contribution in [0.4, 0.5) is 5.69 Å². The SMILES string of the molecule is CC(=O)NS(=O)(=O)c1ccc(N)cc1.CC[C@@H]1C(=O)OC[C@@H]1Cc1cncn1C. The third-order valence-corrected chi connectivity index (χ3v) is 6.06. The monoisotopic (exact) mass is 422 g/mol. The summed E-state index contributed by atoms with van der Waals surface area (Å²) < 4.78 is 31.7. The number of esters is 1. The third-order valence-electron chi connectivity index (χ3n) is 4.61. The number of nitrogens with one attached hydrogen (secondary N) is 1. The van der Waals surface area contributed by atoms with Crippen LogP contribution in [-0.2, 0) is 37.8 Å². The number of rotatable bonds is 5. The van der Waals surface area contributed by atoms with E-state index in [0.717, 1.165) is 25.5 Å². The van der Waals surface area contributed by atoms with E-state index < -0.39 is 15.9 Å². The highest BCUT2D eigenvalue weighted by molar-refractivity contribution is 7.90. The number of hydrogen-bond donors (Lipinski definition) is 2. The Labute approximate surface area is 170 Å². The first-order chi connectivity index (χ1) is 13.6. The second kappa shape index (κ2) is 9.55. The van der Waals surface area contributed by atoms with Gasteiger partial charge in [-0.05, 0) is 37.1 Å². The largest absolute Gasteiger partial charge is 0.465 e. The van der Waals surface area contributed by atoms with Crippen LogP contribution >= 0.6 is 0 Å². The number of cyclic esters (lactones) is 1. The molecule has 3 rings (SSSR count). The molecule has 29 heavy (non-hydrogen) atoms. The molecule has 10 heteroatoms. The van der Waals surface area contributed by atoms with Crippen molar-refractivity contribution in [1.29, 1.82) is 0 Å². The fourth-order valence-electron chi connectivity index (χ4n) is 3.05. The molecule has 1 aliphatic rings. The number of imidazole rings is 1. The molecule has 1 saturated heterocycles. The highest BCUT2D eigenvalue weighted by atomic mass is 32.2. The zero-order valence-corrected chi connectivity index (χ0v) is 17.5. The highest BCUT2D eigenvalue weighted by Crippen LogP contribution is 2.27. The second-order valence-corrected chi connectivity index (χ2v) is 8.52. The van der Waals surface area contributed by atoms with Gasteiger partial charge in [-0.3, -0.25) is 9.59 Å². The molecule has 0 saturated carbocycles. The first kappa shape index (κ1) is 22.4. The van der Waals surface area contributed by atoms with Crippen LogP contribution < -0.4 is 10.5 Å². The first-order valence-electron chi connectivity index (χ1n) is 9.14. The molecule has 2 heterocycles. The van der Waals surface area contributed by atoms with Crippen LogP contribution in [0.3, 0.4) is 0 Å². The summed E-state index contributed by atoms with van der Waals surface area (Å²) in [4.78, 5) is 26.1. The summed E-state index contributed by atoms with van der Waals surface area (Å²) in [6.07, 6.45) is 5.38. The lowest BCUT2D eigenvalue weighted by Crippen LogP contribution is -2.28. The molecule has 0 unspecified atom stereocenters. The molecule has 0 radical (unpaired) electrons. The van der Waals surface area contributed by atoms with Crippen molar-refractivity contribution >= 4 is 27.6 Å². The van der Waals surface area contributed by atoms with Gasteiger partial charge in [0.05, 0.1) is 23.7 Å². The number of sulfonamides is 1. The van der Waals surface area contributed by atoms with Gasteiger partial charge in [-0.1, -0.05) is 6.92 Å². The first-order valence-corrected chi connectivity index (χ1v) is 10.6. The van der Waals surface area contributed by atoms with Gasteiger partial charge in [0.15, 0.2) is 0 Å². The summed E-state index contributed by atoms with van der Waals surface area (Å²) in [6, 6.07) is 5.57. The van der Waals surface area contributed by atoms with Gasteiger partial charge in [0.2, 0.25) is 5.91 Å². The van der Waals surface area contributed by atoms with E-state index in [1.807, 2.05) is 29.5 Å². The number of carbonyl (C=O) groups is 2. The predicted octanol–water partition coefficient (Wildman–Crippen LogP) is 1.26. The Morgan fingerprint density at radius 1 is 1.34 bits per heavy atom. The number of nitrogens with zero attached hydrogens (tertiary/aromatic N) is 2. The Morgan fingerprint density at radius 2 is 2.00 bits per heavy atom. The van der Waals surface area contributed by atoms with E-state index in [1.165, 1.54) is 24.3 Å². The summed E-state index contributed by atoms with van der Waals surface area (Å²) in [6.45, 7) is 3.73. The molecule has 2 atom stereocenters. The Hall–Kier alpha value is -2.88. The molecule has 0 bridgehead atoms. The van der Waals surface area contributed by atoms with Gasteiger partial charge in [0.25, 0.3) is 10.0 Å². The van der Waals surface area contributed by atoms with Crippen LogP contribution in [0, 0.1) is 11.8 Å². The van der Waals surface area contributed by atoms with Crippen molar-refractivity contribution in [3.05, 3.63) is 42.5 Å². The number of ether oxygens (including phenoxy) is 1. The van der Waals surface area contributed by atoms with Gasteiger partial charge in [0.1, 0.15) is 0 Å². The molecular formula is C19H26N4O5S. The molecule has 158 valence electrons. The molecule has 1 aromatic heterocycles. The van der Waals surface area contributed by atoms with Crippen LogP contribution in [0.5, 0.6) is 0 Å². The minimum Gasteiger partial charge on any atom is -0.465 e. The lowest BCUT2D eigenvalue weighted by molar-refractivity contribution is -0.141. The maximum absolute atomic E-state index is 11.4. The molecule has 3 N–H and O–H groups in total. The summed E-state index contributed by atoms with van der Waals surface area (Å²) in [5, 5.41) is 0. The lowest BCUT2D eigenvalue weighted by atomic mass is 9.89. The number of benzene rings is 1. The Bertz CT molecular complexity index is 953. The van der Waals surface area contributed by atoms with E-state index in [4.69, 9.17) is 10.5 Å². The van der Waals surface area contributed by atoms with Gasteiger partial charge >= 0.3 is 5.97 Å². The topological polar surface area (TPSA) is 133 Å².